The fourth-order valence-electron chi connectivity index (χ4n) is 1.10. The summed E-state index contributed by atoms with van der Waals surface area (Å²) in [6, 6.07) is 2.15. The van der Waals surface area contributed by atoms with Crippen LogP contribution in [0.4, 0.5) is 0 Å². The normalized spacial score (nSPS) is 12.0. The summed E-state index contributed by atoms with van der Waals surface area (Å²) in [6.45, 7) is 3.18. The predicted octanol–water partition coefficient (Wildman–Crippen LogP) is 2.76. The van der Waals surface area contributed by atoms with Crippen LogP contribution in [0.15, 0.2) is 22.4 Å². The van der Waals surface area contributed by atoms with E-state index in [1.54, 1.807) is 11.3 Å². The van der Waals surface area contributed by atoms with Crippen molar-refractivity contribution in [3.8, 4) is 0 Å². The molecule has 1 rings (SSSR count). The van der Waals surface area contributed by atoms with Crippen LogP contribution in [0, 0.1) is 0 Å². The summed E-state index contributed by atoms with van der Waals surface area (Å²) in [4.78, 5) is 0. The van der Waals surface area contributed by atoms with Crippen molar-refractivity contribution in [2.45, 2.75) is 13.3 Å². The molecular weight excluding hydrogens is 166 g/mol. The smallest absolute Gasteiger partial charge is 0.0164 e. The molecule has 0 saturated heterocycles. The van der Waals surface area contributed by atoms with Gasteiger partial charge >= 0.3 is 0 Å². The molecule has 1 nitrogen and oxygen atoms in total. The second kappa shape index (κ2) is 5.12. The van der Waals surface area contributed by atoms with E-state index in [0.29, 0.717) is 0 Å². The van der Waals surface area contributed by atoms with Gasteiger partial charge in [-0.25, -0.2) is 0 Å². The van der Waals surface area contributed by atoms with Gasteiger partial charge in [-0.3, -0.25) is 0 Å². The number of likely N-dealkylation sites (N-methyl/N-ethyl adjacent to an activating group) is 1. The van der Waals surface area contributed by atoms with Gasteiger partial charge in [0.1, 0.15) is 0 Å². The molecule has 12 heavy (non-hydrogen) atoms. The van der Waals surface area contributed by atoms with Crippen molar-refractivity contribution in [1.82, 2.24) is 5.32 Å². The first-order valence-corrected chi connectivity index (χ1v) is 5.17. The van der Waals surface area contributed by atoms with Crippen LogP contribution >= 0.6 is 11.3 Å². The van der Waals surface area contributed by atoms with Gasteiger partial charge in [0.2, 0.25) is 0 Å². The van der Waals surface area contributed by atoms with Crippen molar-refractivity contribution in [3.63, 3.8) is 0 Å². The maximum atomic E-state index is 3.17. The van der Waals surface area contributed by atoms with Crippen LogP contribution < -0.4 is 5.32 Å². The lowest BCUT2D eigenvalue weighted by Gasteiger charge is -2.01. The lowest BCUT2D eigenvalue weighted by Crippen LogP contribution is -2.09. The van der Waals surface area contributed by atoms with Crippen LogP contribution in [0.25, 0.3) is 6.08 Å². The van der Waals surface area contributed by atoms with Crippen molar-refractivity contribution in [3.05, 3.63) is 28.0 Å². The van der Waals surface area contributed by atoms with Crippen LogP contribution in [0.2, 0.25) is 0 Å². The molecule has 0 amide bonds. The van der Waals surface area contributed by atoms with Crippen molar-refractivity contribution in [2.24, 2.45) is 0 Å². The van der Waals surface area contributed by atoms with Crippen LogP contribution in [-0.4, -0.2) is 13.6 Å². The zero-order valence-electron chi connectivity index (χ0n) is 7.63. The van der Waals surface area contributed by atoms with Gasteiger partial charge < -0.3 is 5.32 Å². The standard InChI is InChI=1S/C10H15NS/c1-3-9(7-11-2)6-10-4-5-12-8-10/h4-6,8,11H,3,7H2,1-2H3. The highest BCUT2D eigenvalue weighted by Crippen LogP contribution is 2.12. The molecule has 66 valence electrons. The Balaban J connectivity index is 2.64. The Kier molecular flexibility index (Phi) is 4.05. The molecule has 2 heteroatoms. The summed E-state index contributed by atoms with van der Waals surface area (Å²) in [5.41, 5.74) is 2.78. The highest BCUT2D eigenvalue weighted by atomic mass is 32.1. The van der Waals surface area contributed by atoms with Gasteiger partial charge in [0.25, 0.3) is 0 Å². The van der Waals surface area contributed by atoms with Gasteiger partial charge in [-0.1, -0.05) is 18.6 Å². The van der Waals surface area contributed by atoms with Crippen molar-refractivity contribution in [2.75, 3.05) is 13.6 Å². The Morgan fingerprint density at radius 1 is 1.67 bits per heavy atom. The van der Waals surface area contributed by atoms with Crippen LogP contribution in [0.1, 0.15) is 18.9 Å². The molecule has 1 aromatic rings. The van der Waals surface area contributed by atoms with Gasteiger partial charge in [0.05, 0.1) is 0 Å². The number of thiophene rings is 1. The van der Waals surface area contributed by atoms with Crippen LogP contribution in [0.3, 0.4) is 0 Å². The molecule has 0 aliphatic heterocycles. The Morgan fingerprint density at radius 3 is 3.00 bits per heavy atom. The first-order chi connectivity index (χ1) is 5.86. The highest BCUT2D eigenvalue weighted by molar-refractivity contribution is 7.08. The third-order valence-electron chi connectivity index (χ3n) is 1.77. The highest BCUT2D eigenvalue weighted by Gasteiger charge is 1.93. The monoisotopic (exact) mass is 181 g/mol. The molecule has 1 N–H and O–H groups in total. The first-order valence-electron chi connectivity index (χ1n) is 4.23. The lowest BCUT2D eigenvalue weighted by molar-refractivity contribution is 0.851. The largest absolute Gasteiger partial charge is 0.316 e. The third-order valence-corrected chi connectivity index (χ3v) is 2.47. The molecule has 0 saturated carbocycles. The minimum absolute atomic E-state index is 0.992. The van der Waals surface area contributed by atoms with E-state index >= 15 is 0 Å². The summed E-state index contributed by atoms with van der Waals surface area (Å²) in [6.07, 6.45) is 3.38. The minimum atomic E-state index is 0.992. The molecule has 0 aromatic carbocycles. The van der Waals surface area contributed by atoms with Gasteiger partial charge in [-0.05, 0) is 35.9 Å². The van der Waals surface area contributed by atoms with Crippen LogP contribution in [0.5, 0.6) is 0 Å². The zero-order valence-corrected chi connectivity index (χ0v) is 8.45. The molecule has 0 radical (unpaired) electrons. The second-order valence-corrected chi connectivity index (χ2v) is 3.52. The van der Waals surface area contributed by atoms with E-state index in [9.17, 15) is 0 Å². The second-order valence-electron chi connectivity index (χ2n) is 2.74. The SMILES string of the molecule is CCC(=Cc1ccsc1)CNC. The van der Waals surface area contributed by atoms with Gasteiger partial charge in [0, 0.05) is 6.54 Å². The molecule has 0 aliphatic rings. The van der Waals surface area contributed by atoms with Crippen molar-refractivity contribution in [1.29, 1.82) is 0 Å². The lowest BCUT2D eigenvalue weighted by atomic mass is 10.1. The quantitative estimate of drug-likeness (QED) is 0.753. The average molecular weight is 181 g/mol. The Bertz CT molecular complexity index is 236. The summed E-state index contributed by atoms with van der Waals surface area (Å²) in [5, 5.41) is 7.45. The molecule has 0 unspecified atom stereocenters. The van der Waals surface area contributed by atoms with E-state index in [-0.39, 0.29) is 0 Å². The maximum Gasteiger partial charge on any atom is 0.0164 e. The molecule has 1 aromatic heterocycles. The number of nitrogens with one attached hydrogen (secondary N) is 1. The number of rotatable bonds is 4. The van der Waals surface area contributed by atoms with E-state index in [1.165, 1.54) is 11.1 Å². The Hall–Kier alpha value is -0.600. The Labute approximate surface area is 78.1 Å². The topological polar surface area (TPSA) is 12.0 Å². The summed E-state index contributed by atoms with van der Waals surface area (Å²) >= 11 is 1.75. The van der Waals surface area contributed by atoms with Gasteiger partial charge in [0.15, 0.2) is 0 Å². The zero-order chi connectivity index (χ0) is 8.81. The molecule has 0 atom stereocenters. The molecule has 0 aliphatic carbocycles. The summed E-state index contributed by atoms with van der Waals surface area (Å²) in [5.74, 6) is 0. The maximum absolute atomic E-state index is 3.17. The summed E-state index contributed by atoms with van der Waals surface area (Å²) < 4.78 is 0. The molecule has 0 spiro atoms. The summed E-state index contributed by atoms with van der Waals surface area (Å²) in [7, 11) is 1.98. The van der Waals surface area contributed by atoms with E-state index in [2.05, 4.69) is 35.1 Å². The number of hydrogen-bond acceptors (Lipinski definition) is 2. The molecular formula is C10H15NS. The van der Waals surface area contributed by atoms with Crippen LogP contribution in [-0.2, 0) is 0 Å². The predicted molar refractivity (Wildman–Crippen MR) is 56.5 cm³/mol. The minimum Gasteiger partial charge on any atom is -0.316 e. The fourth-order valence-corrected chi connectivity index (χ4v) is 1.72. The first kappa shape index (κ1) is 9.49. The van der Waals surface area contributed by atoms with Gasteiger partial charge in [-0.15, -0.1) is 0 Å². The average Bonchev–Trinajstić information content (AvgIpc) is 2.56. The van der Waals surface area contributed by atoms with E-state index in [1.807, 2.05) is 7.05 Å². The molecule has 0 bridgehead atoms. The van der Waals surface area contributed by atoms with Crippen molar-refractivity contribution >= 4 is 17.4 Å². The Morgan fingerprint density at radius 2 is 2.50 bits per heavy atom. The fraction of sp³-hybridized carbons (Fsp3) is 0.400. The van der Waals surface area contributed by atoms with Crippen molar-refractivity contribution < 1.29 is 0 Å². The van der Waals surface area contributed by atoms with E-state index in [4.69, 9.17) is 0 Å². The van der Waals surface area contributed by atoms with Gasteiger partial charge in [-0.2, -0.15) is 11.3 Å². The number of hydrogen-bond donors (Lipinski definition) is 1. The molecule has 1 heterocycles. The molecule has 0 fully saturated rings. The third kappa shape index (κ3) is 2.80. The van der Waals surface area contributed by atoms with E-state index in [0.717, 1.165) is 13.0 Å². The van der Waals surface area contributed by atoms with E-state index < -0.39 is 0 Å².